The minimum atomic E-state index is -3.55. The third-order valence-corrected chi connectivity index (χ3v) is 5.81. The number of aromatic nitrogens is 2. The molecule has 0 spiro atoms. The van der Waals surface area contributed by atoms with E-state index in [-0.39, 0.29) is 0 Å². The Bertz CT molecular complexity index is 557. The molecular formula is C13H24ClN3O3S. The van der Waals surface area contributed by atoms with Gasteiger partial charge in [0.25, 0.3) is 0 Å². The van der Waals surface area contributed by atoms with Gasteiger partial charge in [-0.05, 0) is 20.3 Å². The first-order valence-corrected chi connectivity index (χ1v) is 8.96. The van der Waals surface area contributed by atoms with Crippen molar-refractivity contribution in [2.24, 2.45) is 0 Å². The van der Waals surface area contributed by atoms with Crippen molar-refractivity contribution in [1.82, 2.24) is 14.1 Å². The normalized spacial score (nSPS) is 12.3. The molecule has 0 atom stereocenters. The van der Waals surface area contributed by atoms with Crippen molar-refractivity contribution in [1.29, 1.82) is 0 Å². The molecule has 0 N–H and O–H groups in total. The van der Waals surface area contributed by atoms with E-state index in [2.05, 4.69) is 5.10 Å². The molecular weight excluding hydrogens is 314 g/mol. The number of methoxy groups -OCH3 is 1. The predicted molar refractivity (Wildman–Crippen MR) is 83.3 cm³/mol. The number of rotatable bonds is 9. The summed E-state index contributed by atoms with van der Waals surface area (Å²) >= 11 is 5.69. The van der Waals surface area contributed by atoms with Crippen LogP contribution in [0.2, 0.25) is 0 Å². The Balaban J connectivity index is 3.15. The number of alkyl halides is 1. The van der Waals surface area contributed by atoms with Crippen LogP contribution in [-0.4, -0.2) is 55.2 Å². The Kier molecular flexibility index (Phi) is 7.12. The van der Waals surface area contributed by atoms with Gasteiger partial charge in [-0.2, -0.15) is 9.40 Å². The topological polar surface area (TPSA) is 64.4 Å². The van der Waals surface area contributed by atoms with Crippen LogP contribution in [0.3, 0.4) is 0 Å². The fourth-order valence-electron chi connectivity index (χ4n) is 2.25. The van der Waals surface area contributed by atoms with Gasteiger partial charge in [-0.3, -0.25) is 4.68 Å². The molecule has 1 aromatic heterocycles. The average molecular weight is 338 g/mol. The molecule has 0 fully saturated rings. The summed E-state index contributed by atoms with van der Waals surface area (Å²) in [5.41, 5.74) is 1.19. The number of halogens is 1. The van der Waals surface area contributed by atoms with Crippen molar-refractivity contribution in [3.05, 3.63) is 11.4 Å². The first kappa shape index (κ1) is 18.4. The molecule has 0 unspecified atom stereocenters. The Morgan fingerprint density at radius 1 is 1.38 bits per heavy atom. The highest BCUT2D eigenvalue weighted by Crippen LogP contribution is 2.23. The molecule has 1 rings (SSSR count). The van der Waals surface area contributed by atoms with Gasteiger partial charge in [0, 0.05) is 32.6 Å². The van der Waals surface area contributed by atoms with Crippen molar-refractivity contribution in [3.8, 4) is 0 Å². The van der Waals surface area contributed by atoms with Crippen LogP contribution >= 0.6 is 11.6 Å². The third kappa shape index (κ3) is 4.18. The molecule has 0 aromatic carbocycles. The van der Waals surface area contributed by atoms with Gasteiger partial charge in [-0.15, -0.1) is 11.6 Å². The van der Waals surface area contributed by atoms with Crippen LogP contribution < -0.4 is 0 Å². The zero-order valence-corrected chi connectivity index (χ0v) is 14.7. The molecule has 8 heteroatoms. The van der Waals surface area contributed by atoms with E-state index in [9.17, 15) is 8.42 Å². The smallest absolute Gasteiger partial charge is 0.246 e. The zero-order chi connectivity index (χ0) is 16.0. The molecule has 21 heavy (non-hydrogen) atoms. The van der Waals surface area contributed by atoms with Gasteiger partial charge in [0.15, 0.2) is 0 Å². The second kappa shape index (κ2) is 8.12. The number of aryl methyl sites for hydroxylation is 2. The lowest BCUT2D eigenvalue weighted by atomic mass is 10.4. The van der Waals surface area contributed by atoms with Crippen molar-refractivity contribution in [2.45, 2.75) is 38.6 Å². The lowest BCUT2D eigenvalue weighted by molar-refractivity contribution is 0.180. The Labute approximate surface area is 132 Å². The number of nitrogens with zero attached hydrogens (tertiary/aromatic N) is 3. The SMILES string of the molecule is CCN(CCOC)S(=O)(=O)c1c(C)nn(CCCCl)c1C. The summed E-state index contributed by atoms with van der Waals surface area (Å²) in [6.45, 7) is 7.04. The van der Waals surface area contributed by atoms with Crippen LogP contribution in [0.25, 0.3) is 0 Å². The molecule has 0 aliphatic carbocycles. The van der Waals surface area contributed by atoms with Gasteiger partial charge in [0.1, 0.15) is 4.90 Å². The second-order valence-corrected chi connectivity index (χ2v) is 7.01. The summed E-state index contributed by atoms with van der Waals surface area (Å²) in [5, 5.41) is 4.33. The standard InChI is InChI=1S/C13H24ClN3O3S/c1-5-16(9-10-20-4)21(18,19)13-11(2)15-17(12(13)3)8-6-7-14/h5-10H2,1-4H3. The van der Waals surface area contributed by atoms with Crippen molar-refractivity contribution in [3.63, 3.8) is 0 Å². The summed E-state index contributed by atoms with van der Waals surface area (Å²) in [4.78, 5) is 0.301. The maximum absolute atomic E-state index is 12.8. The number of sulfonamides is 1. The van der Waals surface area contributed by atoms with E-state index in [1.165, 1.54) is 4.31 Å². The Hall–Kier alpha value is -0.630. The van der Waals surface area contributed by atoms with Crippen molar-refractivity contribution in [2.75, 3.05) is 32.7 Å². The maximum Gasteiger partial charge on any atom is 0.246 e. The van der Waals surface area contributed by atoms with Gasteiger partial charge in [0.2, 0.25) is 10.0 Å². The van der Waals surface area contributed by atoms with E-state index in [4.69, 9.17) is 16.3 Å². The summed E-state index contributed by atoms with van der Waals surface area (Å²) in [7, 11) is -2.00. The van der Waals surface area contributed by atoms with Gasteiger partial charge in [-0.25, -0.2) is 8.42 Å². The molecule has 0 aliphatic rings. The molecule has 0 saturated heterocycles. The minimum Gasteiger partial charge on any atom is -0.383 e. The van der Waals surface area contributed by atoms with E-state index in [1.807, 2.05) is 6.92 Å². The van der Waals surface area contributed by atoms with Crippen LogP contribution in [-0.2, 0) is 21.3 Å². The fourth-order valence-corrected chi connectivity index (χ4v) is 4.18. The highest BCUT2D eigenvalue weighted by Gasteiger charge is 2.29. The summed E-state index contributed by atoms with van der Waals surface area (Å²) in [5.74, 6) is 0.523. The minimum absolute atomic E-state index is 0.301. The molecule has 122 valence electrons. The van der Waals surface area contributed by atoms with E-state index in [0.29, 0.717) is 48.4 Å². The number of likely N-dealkylation sites (N-methyl/N-ethyl adjacent to an activating group) is 1. The molecule has 0 radical (unpaired) electrons. The molecule has 1 heterocycles. The molecule has 0 aliphatic heterocycles. The Morgan fingerprint density at radius 2 is 2.05 bits per heavy atom. The summed E-state index contributed by atoms with van der Waals surface area (Å²) in [6.07, 6.45) is 0.754. The van der Waals surface area contributed by atoms with Gasteiger partial charge in [0.05, 0.1) is 18.0 Å². The van der Waals surface area contributed by atoms with E-state index in [0.717, 1.165) is 6.42 Å². The summed E-state index contributed by atoms with van der Waals surface area (Å²) < 4.78 is 33.7. The highest BCUT2D eigenvalue weighted by atomic mass is 35.5. The number of hydrogen-bond donors (Lipinski definition) is 0. The third-order valence-electron chi connectivity index (χ3n) is 3.31. The van der Waals surface area contributed by atoms with Crippen LogP contribution in [0.4, 0.5) is 0 Å². The first-order chi connectivity index (χ1) is 9.89. The fraction of sp³-hybridized carbons (Fsp3) is 0.769. The summed E-state index contributed by atoms with van der Waals surface area (Å²) in [6, 6.07) is 0. The van der Waals surface area contributed by atoms with Crippen LogP contribution in [0.15, 0.2) is 4.90 Å². The lowest BCUT2D eigenvalue weighted by Crippen LogP contribution is -2.34. The maximum atomic E-state index is 12.8. The predicted octanol–water partition coefficient (Wildman–Crippen LogP) is 1.79. The molecule has 0 saturated carbocycles. The van der Waals surface area contributed by atoms with Gasteiger partial charge < -0.3 is 4.74 Å². The quantitative estimate of drug-likeness (QED) is 0.644. The monoisotopic (exact) mass is 337 g/mol. The van der Waals surface area contributed by atoms with Crippen LogP contribution in [0.1, 0.15) is 24.7 Å². The van der Waals surface area contributed by atoms with E-state index >= 15 is 0 Å². The van der Waals surface area contributed by atoms with Crippen molar-refractivity contribution < 1.29 is 13.2 Å². The molecule has 6 nitrogen and oxygen atoms in total. The lowest BCUT2D eigenvalue weighted by Gasteiger charge is -2.20. The second-order valence-electron chi connectivity index (χ2n) is 4.76. The van der Waals surface area contributed by atoms with Crippen LogP contribution in [0, 0.1) is 13.8 Å². The van der Waals surface area contributed by atoms with E-state index < -0.39 is 10.0 Å². The van der Waals surface area contributed by atoms with Gasteiger partial charge in [-0.1, -0.05) is 6.92 Å². The van der Waals surface area contributed by atoms with Gasteiger partial charge >= 0.3 is 0 Å². The molecule has 0 amide bonds. The Morgan fingerprint density at radius 3 is 2.57 bits per heavy atom. The number of ether oxygens (including phenoxy) is 1. The van der Waals surface area contributed by atoms with Crippen molar-refractivity contribution >= 4 is 21.6 Å². The number of hydrogen-bond acceptors (Lipinski definition) is 4. The first-order valence-electron chi connectivity index (χ1n) is 6.99. The largest absolute Gasteiger partial charge is 0.383 e. The molecule has 1 aromatic rings. The zero-order valence-electron chi connectivity index (χ0n) is 13.1. The van der Waals surface area contributed by atoms with E-state index in [1.54, 1.807) is 25.6 Å². The van der Waals surface area contributed by atoms with Crippen LogP contribution in [0.5, 0.6) is 0 Å². The average Bonchev–Trinajstić information content (AvgIpc) is 2.72. The molecule has 0 bridgehead atoms. The highest BCUT2D eigenvalue weighted by molar-refractivity contribution is 7.89.